The van der Waals surface area contributed by atoms with Crippen molar-refractivity contribution in [3.05, 3.63) is 61.6 Å². The van der Waals surface area contributed by atoms with Crippen LogP contribution in [0.2, 0.25) is 10.0 Å². The van der Waals surface area contributed by atoms with Crippen molar-refractivity contribution >= 4 is 57.6 Å². The summed E-state index contributed by atoms with van der Waals surface area (Å²) in [6.07, 6.45) is 4.20. The zero-order valence-corrected chi connectivity index (χ0v) is 20.9. The summed E-state index contributed by atoms with van der Waals surface area (Å²) in [7, 11) is 0. The van der Waals surface area contributed by atoms with Gasteiger partial charge in [-0.3, -0.25) is 9.59 Å². The summed E-state index contributed by atoms with van der Waals surface area (Å²) < 4.78 is 6.75. The van der Waals surface area contributed by atoms with Crippen molar-refractivity contribution in [1.29, 1.82) is 0 Å². The lowest BCUT2D eigenvalue weighted by Crippen LogP contribution is -2.50. The Kier molecular flexibility index (Phi) is 8.86. The molecule has 0 bridgehead atoms. The van der Waals surface area contributed by atoms with E-state index in [0.29, 0.717) is 15.8 Å². The number of hydrogen-bond acceptors (Lipinski definition) is 3. The Bertz CT molecular complexity index is 918. The Labute approximate surface area is 206 Å². The highest BCUT2D eigenvalue weighted by Gasteiger charge is 2.28. The largest absolute Gasteiger partial charge is 0.484 e. The first-order valence-electron chi connectivity index (χ1n) is 10.3. The monoisotopic (exact) mass is 574 g/mol. The predicted molar refractivity (Wildman–Crippen MR) is 132 cm³/mol. The van der Waals surface area contributed by atoms with E-state index >= 15 is 0 Å². The third-order valence-corrected chi connectivity index (χ3v) is 6.84. The van der Waals surface area contributed by atoms with Gasteiger partial charge in [0.1, 0.15) is 11.8 Å². The summed E-state index contributed by atoms with van der Waals surface area (Å²) in [4.78, 5) is 27.5. The van der Waals surface area contributed by atoms with Gasteiger partial charge in [-0.05, 0) is 84.3 Å². The maximum Gasteiger partial charge on any atom is 0.261 e. The highest BCUT2D eigenvalue weighted by Crippen LogP contribution is 2.24. The molecule has 1 atom stereocenters. The number of halogens is 3. The fourth-order valence-corrected chi connectivity index (χ4v) is 4.25. The normalized spacial score (nSPS) is 14.8. The maximum absolute atomic E-state index is 13.1. The molecule has 1 N–H and O–H groups in total. The van der Waals surface area contributed by atoms with Crippen molar-refractivity contribution < 1.29 is 14.3 Å². The van der Waals surface area contributed by atoms with E-state index in [-0.39, 0.29) is 31.0 Å². The van der Waals surface area contributed by atoms with Gasteiger partial charge < -0.3 is 15.0 Å². The molecule has 2 amide bonds. The van der Waals surface area contributed by atoms with Crippen LogP contribution in [0.4, 0.5) is 0 Å². The fraction of sp³-hybridized carbons (Fsp3) is 0.391. The van der Waals surface area contributed by atoms with E-state index in [2.05, 4.69) is 27.9 Å². The van der Waals surface area contributed by atoms with E-state index in [1.165, 1.54) is 4.90 Å². The van der Waals surface area contributed by atoms with Gasteiger partial charge in [0.25, 0.3) is 5.91 Å². The molecule has 2 aromatic rings. The highest BCUT2D eigenvalue weighted by molar-refractivity contribution is 14.1. The van der Waals surface area contributed by atoms with Crippen molar-refractivity contribution in [3.63, 3.8) is 0 Å². The molecular weight excluding hydrogens is 550 g/mol. The first-order valence-corrected chi connectivity index (χ1v) is 12.1. The third-order valence-electron chi connectivity index (χ3n) is 5.38. The van der Waals surface area contributed by atoms with Gasteiger partial charge in [-0.1, -0.05) is 42.1 Å². The quantitative estimate of drug-likeness (QED) is 0.426. The number of benzene rings is 2. The van der Waals surface area contributed by atoms with Crippen LogP contribution < -0.4 is 10.1 Å². The molecule has 0 heterocycles. The Hall–Kier alpha value is -1.51. The Morgan fingerprint density at radius 3 is 2.45 bits per heavy atom. The molecule has 2 aromatic carbocycles. The molecule has 0 spiro atoms. The lowest BCUT2D eigenvalue weighted by molar-refractivity contribution is -0.142. The van der Waals surface area contributed by atoms with Crippen LogP contribution in [0.3, 0.4) is 0 Å². The van der Waals surface area contributed by atoms with E-state index in [0.717, 1.165) is 34.8 Å². The molecule has 0 radical (unpaired) electrons. The molecule has 3 rings (SSSR count). The van der Waals surface area contributed by atoms with Crippen LogP contribution in [0.5, 0.6) is 5.75 Å². The Morgan fingerprint density at radius 1 is 1.13 bits per heavy atom. The van der Waals surface area contributed by atoms with E-state index in [9.17, 15) is 9.59 Å². The third kappa shape index (κ3) is 6.99. The minimum absolute atomic E-state index is 0.158. The van der Waals surface area contributed by atoms with Gasteiger partial charge in [0, 0.05) is 16.2 Å². The first kappa shape index (κ1) is 24.1. The number of ether oxygens (including phenoxy) is 1. The summed E-state index contributed by atoms with van der Waals surface area (Å²) >= 11 is 14.4. The van der Waals surface area contributed by atoms with Gasteiger partial charge in [-0.25, -0.2) is 0 Å². The van der Waals surface area contributed by atoms with Gasteiger partial charge in [0.05, 0.1) is 10.0 Å². The zero-order chi connectivity index (χ0) is 22.4. The van der Waals surface area contributed by atoms with Gasteiger partial charge >= 0.3 is 0 Å². The van der Waals surface area contributed by atoms with Crippen LogP contribution in [-0.2, 0) is 16.1 Å². The van der Waals surface area contributed by atoms with Crippen molar-refractivity contribution in [2.45, 2.75) is 51.2 Å². The highest BCUT2D eigenvalue weighted by atomic mass is 127. The van der Waals surface area contributed by atoms with Crippen LogP contribution in [0.25, 0.3) is 0 Å². The van der Waals surface area contributed by atoms with Crippen molar-refractivity contribution in [3.8, 4) is 5.75 Å². The Morgan fingerprint density at radius 2 is 1.81 bits per heavy atom. The lowest BCUT2D eigenvalue weighted by atomic mass is 10.1. The molecule has 5 nitrogen and oxygen atoms in total. The molecule has 31 heavy (non-hydrogen) atoms. The number of nitrogens with one attached hydrogen (secondary N) is 1. The minimum Gasteiger partial charge on any atom is -0.484 e. The summed E-state index contributed by atoms with van der Waals surface area (Å²) in [5.74, 6) is 0.166. The molecule has 1 aliphatic carbocycles. The van der Waals surface area contributed by atoms with E-state index in [1.54, 1.807) is 25.1 Å². The van der Waals surface area contributed by atoms with E-state index < -0.39 is 6.04 Å². The molecule has 8 heteroatoms. The van der Waals surface area contributed by atoms with Crippen molar-refractivity contribution in [2.75, 3.05) is 6.61 Å². The maximum atomic E-state index is 13.1. The average molecular weight is 575 g/mol. The van der Waals surface area contributed by atoms with Crippen LogP contribution in [0.1, 0.15) is 38.2 Å². The SMILES string of the molecule is C[C@@H](C(=O)NC1CCCC1)N(Cc1ccc(Cl)c(Cl)c1)C(=O)COc1ccc(I)cc1. The van der Waals surface area contributed by atoms with E-state index in [4.69, 9.17) is 27.9 Å². The number of carbonyl (C=O) groups is 2. The second-order valence-corrected chi connectivity index (χ2v) is 9.74. The van der Waals surface area contributed by atoms with Gasteiger partial charge in [-0.15, -0.1) is 0 Å². The van der Waals surface area contributed by atoms with Crippen molar-refractivity contribution in [2.24, 2.45) is 0 Å². The van der Waals surface area contributed by atoms with Gasteiger partial charge in [-0.2, -0.15) is 0 Å². The number of amides is 2. The molecule has 1 saturated carbocycles. The van der Waals surface area contributed by atoms with Crippen molar-refractivity contribution in [1.82, 2.24) is 10.2 Å². The Balaban J connectivity index is 1.72. The molecule has 0 unspecified atom stereocenters. The zero-order valence-electron chi connectivity index (χ0n) is 17.2. The number of hydrogen-bond donors (Lipinski definition) is 1. The summed E-state index contributed by atoms with van der Waals surface area (Å²) in [6, 6.07) is 12.2. The number of nitrogens with zero attached hydrogens (tertiary/aromatic N) is 1. The van der Waals surface area contributed by atoms with Crippen LogP contribution in [0, 0.1) is 3.57 Å². The average Bonchev–Trinajstić information content (AvgIpc) is 3.26. The molecule has 0 saturated heterocycles. The topological polar surface area (TPSA) is 58.6 Å². The second-order valence-electron chi connectivity index (χ2n) is 7.68. The number of rotatable bonds is 8. The summed E-state index contributed by atoms with van der Waals surface area (Å²) in [6.45, 7) is 1.80. The van der Waals surface area contributed by atoms with Gasteiger partial charge in [0.15, 0.2) is 6.61 Å². The molecule has 0 aromatic heterocycles. The molecule has 1 aliphatic rings. The standard InChI is InChI=1S/C23H25Cl2IN2O3/c1-15(23(30)27-18-4-2-3-5-18)28(13-16-6-11-20(24)21(25)12-16)22(29)14-31-19-9-7-17(26)8-10-19/h6-12,15,18H,2-5,13-14H2,1H3,(H,27,30)/t15-/m0/s1. The number of carbonyl (C=O) groups excluding carboxylic acids is 2. The molecule has 0 aliphatic heterocycles. The fourth-order valence-electron chi connectivity index (χ4n) is 3.57. The molecule has 1 fully saturated rings. The first-order chi connectivity index (χ1) is 14.8. The molecule has 166 valence electrons. The lowest BCUT2D eigenvalue weighted by Gasteiger charge is -2.29. The van der Waals surface area contributed by atoms with Crippen LogP contribution in [0.15, 0.2) is 42.5 Å². The smallest absolute Gasteiger partial charge is 0.261 e. The van der Waals surface area contributed by atoms with Crippen LogP contribution in [-0.4, -0.2) is 35.4 Å². The molecular formula is C23H25Cl2IN2O3. The summed E-state index contributed by atoms with van der Waals surface area (Å²) in [5, 5.41) is 3.93. The second kappa shape index (κ2) is 11.4. The predicted octanol–water partition coefficient (Wildman–Crippen LogP) is 5.45. The van der Waals surface area contributed by atoms with Gasteiger partial charge in [0.2, 0.25) is 5.91 Å². The van der Waals surface area contributed by atoms with E-state index in [1.807, 2.05) is 24.3 Å². The summed E-state index contributed by atoms with van der Waals surface area (Å²) in [5.41, 5.74) is 0.789. The minimum atomic E-state index is -0.650. The van der Waals surface area contributed by atoms with Crippen LogP contribution >= 0.6 is 45.8 Å².